The average Bonchev–Trinajstić information content (AvgIpc) is 2.55. The summed E-state index contributed by atoms with van der Waals surface area (Å²) in [6, 6.07) is 5.29. The van der Waals surface area contributed by atoms with Gasteiger partial charge < -0.3 is 5.11 Å². The molecule has 24 heavy (non-hydrogen) atoms. The Balaban J connectivity index is 2.11. The molecule has 0 atom stereocenters. The van der Waals surface area contributed by atoms with Crippen molar-refractivity contribution in [3.8, 4) is 0 Å². The Kier molecular flexibility index (Phi) is 5.05. The van der Waals surface area contributed by atoms with Crippen LogP contribution in [-0.2, 0) is 15.5 Å². The van der Waals surface area contributed by atoms with E-state index in [-0.39, 0.29) is 16.4 Å². The van der Waals surface area contributed by atoms with Crippen LogP contribution in [0.2, 0.25) is 0 Å². The van der Waals surface area contributed by atoms with Crippen LogP contribution < -0.4 is 0 Å². The first-order valence-electron chi connectivity index (χ1n) is 9.10. The minimum Gasteiger partial charge on any atom is -0.393 e. The van der Waals surface area contributed by atoms with Gasteiger partial charge in [0.25, 0.3) is 10.1 Å². The van der Waals surface area contributed by atoms with Crippen LogP contribution in [0.3, 0.4) is 0 Å². The van der Waals surface area contributed by atoms with Crippen LogP contribution in [0, 0.1) is 12.8 Å². The van der Waals surface area contributed by atoms with Gasteiger partial charge in [-0.05, 0) is 68.4 Å². The minimum absolute atomic E-state index is 0.0844. The van der Waals surface area contributed by atoms with E-state index in [0.717, 1.165) is 62.5 Å². The summed E-state index contributed by atoms with van der Waals surface area (Å²) < 4.78 is 33.8. The highest BCUT2D eigenvalue weighted by molar-refractivity contribution is 7.85. The van der Waals surface area contributed by atoms with Crippen molar-refractivity contribution in [3.05, 3.63) is 29.3 Å². The summed E-state index contributed by atoms with van der Waals surface area (Å²) in [5.41, 5.74) is 1.65. The maximum atomic E-state index is 12.0. The van der Waals surface area contributed by atoms with Crippen LogP contribution in [-0.4, -0.2) is 24.2 Å². The third-order valence-corrected chi connectivity index (χ3v) is 7.09. The number of hydrogen-bond donors (Lipinski definition) is 2. The maximum absolute atomic E-state index is 12.0. The molecular weight excluding hydrogens is 324 g/mol. The molecule has 1 aromatic carbocycles. The molecule has 0 spiro atoms. The fourth-order valence-electron chi connectivity index (χ4n) is 4.97. The van der Waals surface area contributed by atoms with E-state index in [1.54, 1.807) is 12.1 Å². The van der Waals surface area contributed by atoms with E-state index in [0.29, 0.717) is 5.92 Å². The molecule has 2 fully saturated rings. The highest BCUT2D eigenvalue weighted by Crippen LogP contribution is 2.51. The van der Waals surface area contributed by atoms with E-state index in [9.17, 15) is 18.1 Å². The summed E-state index contributed by atoms with van der Waals surface area (Å²) in [6.07, 6.45) is 8.54. The van der Waals surface area contributed by atoms with Crippen LogP contribution in [0.15, 0.2) is 23.1 Å². The predicted octanol–water partition coefficient (Wildman–Crippen LogP) is 3.99. The highest BCUT2D eigenvalue weighted by atomic mass is 32.2. The Hall–Kier alpha value is -0.910. The van der Waals surface area contributed by atoms with E-state index >= 15 is 0 Å². The van der Waals surface area contributed by atoms with Crippen LogP contribution in [0.25, 0.3) is 0 Å². The molecule has 4 nitrogen and oxygen atoms in total. The topological polar surface area (TPSA) is 74.6 Å². The Bertz CT molecular complexity index is 681. The number of rotatable bonds is 3. The van der Waals surface area contributed by atoms with Crippen LogP contribution in [0.4, 0.5) is 0 Å². The predicted molar refractivity (Wildman–Crippen MR) is 93.7 cm³/mol. The van der Waals surface area contributed by atoms with Crippen molar-refractivity contribution in [2.24, 2.45) is 5.92 Å². The first-order chi connectivity index (χ1) is 11.3. The normalized spacial score (nSPS) is 27.8. The van der Waals surface area contributed by atoms with E-state index in [1.165, 1.54) is 6.42 Å². The lowest BCUT2D eigenvalue weighted by Gasteiger charge is -2.47. The first-order valence-corrected chi connectivity index (χ1v) is 10.5. The summed E-state index contributed by atoms with van der Waals surface area (Å²) in [5.74, 6) is 0.378. The molecule has 3 rings (SSSR count). The highest BCUT2D eigenvalue weighted by Gasteiger charge is 2.44. The van der Waals surface area contributed by atoms with Crippen LogP contribution >= 0.6 is 0 Å². The molecule has 5 heteroatoms. The molecule has 2 aliphatic carbocycles. The van der Waals surface area contributed by atoms with Gasteiger partial charge in [-0.2, -0.15) is 8.42 Å². The third kappa shape index (κ3) is 3.39. The molecule has 1 aromatic rings. The second-order valence-electron chi connectivity index (χ2n) is 7.70. The monoisotopic (exact) mass is 352 g/mol. The van der Waals surface area contributed by atoms with E-state index < -0.39 is 10.1 Å². The Labute approximate surface area is 145 Å². The molecule has 2 N–H and O–H groups in total. The van der Waals surface area contributed by atoms with Gasteiger partial charge in [0.05, 0.1) is 11.0 Å². The Morgan fingerprint density at radius 3 is 2.25 bits per heavy atom. The lowest BCUT2D eigenvalue weighted by molar-refractivity contribution is 0.0655. The number of aryl methyl sites for hydroxylation is 1. The van der Waals surface area contributed by atoms with Crippen molar-refractivity contribution in [2.75, 3.05) is 0 Å². The van der Waals surface area contributed by atoms with Crippen molar-refractivity contribution < 1.29 is 18.1 Å². The largest absolute Gasteiger partial charge is 0.393 e. The zero-order valence-corrected chi connectivity index (χ0v) is 15.2. The van der Waals surface area contributed by atoms with Gasteiger partial charge in [-0.3, -0.25) is 4.55 Å². The molecule has 0 unspecified atom stereocenters. The van der Waals surface area contributed by atoms with Crippen molar-refractivity contribution in [1.29, 1.82) is 0 Å². The lowest BCUT2D eigenvalue weighted by atomic mass is 9.58. The van der Waals surface area contributed by atoms with Crippen molar-refractivity contribution in [3.63, 3.8) is 0 Å². The summed E-state index contributed by atoms with van der Waals surface area (Å²) >= 11 is 0. The van der Waals surface area contributed by atoms with E-state index in [2.05, 4.69) is 0 Å². The molecule has 0 heterocycles. The Morgan fingerprint density at radius 2 is 1.67 bits per heavy atom. The Morgan fingerprint density at radius 1 is 1.04 bits per heavy atom. The number of hydrogen-bond acceptors (Lipinski definition) is 3. The molecule has 0 saturated heterocycles. The standard InChI is InChI=1S/C19H28O4S/c1-14-5-10-18(24(21,22)23)17(13-14)19(11-3-2-4-12-19)15-6-8-16(20)9-7-15/h5,10,13,15-16,20H,2-4,6-9,11-12H2,1H3,(H,21,22,23). The smallest absolute Gasteiger partial charge is 0.294 e. The fourth-order valence-corrected chi connectivity index (χ4v) is 5.75. The van der Waals surface area contributed by atoms with Gasteiger partial charge in [0.15, 0.2) is 0 Å². The molecule has 2 saturated carbocycles. The molecule has 0 bridgehead atoms. The minimum atomic E-state index is -4.24. The van der Waals surface area contributed by atoms with E-state index in [4.69, 9.17) is 0 Å². The van der Waals surface area contributed by atoms with Crippen molar-refractivity contribution in [2.45, 2.75) is 81.1 Å². The molecule has 134 valence electrons. The quantitative estimate of drug-likeness (QED) is 0.807. The SMILES string of the molecule is Cc1ccc(S(=O)(=O)O)c(C2(C3CCC(O)CC3)CCCCC2)c1. The van der Waals surface area contributed by atoms with Gasteiger partial charge in [-0.25, -0.2) is 0 Å². The third-order valence-electron chi connectivity index (χ3n) is 6.17. The van der Waals surface area contributed by atoms with E-state index in [1.807, 2.05) is 13.0 Å². The molecule has 2 aliphatic rings. The number of aliphatic hydroxyl groups excluding tert-OH is 1. The van der Waals surface area contributed by atoms with Gasteiger partial charge in [-0.15, -0.1) is 0 Å². The molecular formula is C19H28O4S. The van der Waals surface area contributed by atoms with Gasteiger partial charge >= 0.3 is 0 Å². The summed E-state index contributed by atoms with van der Waals surface area (Å²) in [6.45, 7) is 1.97. The van der Waals surface area contributed by atoms with Gasteiger partial charge in [0.1, 0.15) is 0 Å². The molecule has 0 aliphatic heterocycles. The maximum Gasteiger partial charge on any atom is 0.294 e. The number of benzene rings is 1. The fraction of sp³-hybridized carbons (Fsp3) is 0.684. The number of aliphatic hydroxyl groups is 1. The van der Waals surface area contributed by atoms with Gasteiger partial charge in [0.2, 0.25) is 0 Å². The zero-order chi connectivity index (χ0) is 17.4. The first kappa shape index (κ1) is 17.9. The lowest BCUT2D eigenvalue weighted by Crippen LogP contribution is -2.41. The van der Waals surface area contributed by atoms with Crippen LogP contribution in [0.5, 0.6) is 0 Å². The van der Waals surface area contributed by atoms with Crippen molar-refractivity contribution in [1.82, 2.24) is 0 Å². The van der Waals surface area contributed by atoms with Crippen molar-refractivity contribution >= 4 is 10.1 Å². The average molecular weight is 352 g/mol. The second kappa shape index (κ2) is 6.77. The molecule has 0 amide bonds. The summed E-state index contributed by atoms with van der Waals surface area (Å²) in [4.78, 5) is 0.0844. The van der Waals surface area contributed by atoms with Gasteiger partial charge in [0, 0.05) is 0 Å². The zero-order valence-electron chi connectivity index (χ0n) is 14.4. The van der Waals surface area contributed by atoms with Gasteiger partial charge in [-0.1, -0.05) is 37.0 Å². The summed E-state index contributed by atoms with van der Waals surface area (Å²) in [5, 5.41) is 9.87. The summed E-state index contributed by atoms with van der Waals surface area (Å²) in [7, 11) is -4.24. The molecule has 0 aromatic heterocycles. The van der Waals surface area contributed by atoms with Crippen LogP contribution in [0.1, 0.15) is 68.9 Å². The second-order valence-corrected chi connectivity index (χ2v) is 9.09. The molecule has 0 radical (unpaired) electrons.